The Morgan fingerprint density at radius 2 is 1.95 bits per heavy atom. The Morgan fingerprint density at radius 1 is 1.26 bits per heavy atom. The first-order valence-corrected chi connectivity index (χ1v) is 7.07. The molecule has 1 aromatic heterocycles. The van der Waals surface area contributed by atoms with E-state index in [1.54, 1.807) is 11.8 Å². The summed E-state index contributed by atoms with van der Waals surface area (Å²) in [4.78, 5) is 26.7. The third kappa shape index (κ3) is 5.00. The maximum absolute atomic E-state index is 11.8. The fourth-order valence-electron chi connectivity index (χ4n) is 1.76. The molecular formula is C13H21N3O2S. The van der Waals surface area contributed by atoms with Crippen molar-refractivity contribution >= 4 is 33.8 Å². The van der Waals surface area contributed by atoms with Gasteiger partial charge in [0.25, 0.3) is 0 Å². The molecule has 0 saturated carbocycles. The monoisotopic (exact) mass is 283 g/mol. The number of nitrogens with zero attached hydrogens (tertiary/aromatic N) is 2. The van der Waals surface area contributed by atoms with Crippen molar-refractivity contribution in [3.63, 3.8) is 0 Å². The molecule has 0 saturated heterocycles. The summed E-state index contributed by atoms with van der Waals surface area (Å²) >= 11 is 1.43. The van der Waals surface area contributed by atoms with Crippen LogP contribution < -0.4 is 10.2 Å². The fraction of sp³-hybridized carbons (Fsp3) is 0.538. The van der Waals surface area contributed by atoms with E-state index >= 15 is 0 Å². The van der Waals surface area contributed by atoms with Crippen LogP contribution in [0.5, 0.6) is 0 Å². The van der Waals surface area contributed by atoms with Crippen LogP contribution >= 0.6 is 11.3 Å². The quantitative estimate of drug-likeness (QED) is 0.869. The molecule has 0 aliphatic carbocycles. The minimum Gasteiger partial charge on any atom is -0.316 e. The van der Waals surface area contributed by atoms with E-state index in [1.165, 1.54) is 18.3 Å². The van der Waals surface area contributed by atoms with Crippen molar-refractivity contribution in [3.05, 3.63) is 11.4 Å². The molecule has 0 spiro atoms. The van der Waals surface area contributed by atoms with Crippen molar-refractivity contribution in [2.75, 3.05) is 37.4 Å². The van der Waals surface area contributed by atoms with E-state index in [2.05, 4.69) is 10.2 Å². The average molecular weight is 283 g/mol. The van der Waals surface area contributed by atoms with Gasteiger partial charge in [0, 0.05) is 20.4 Å². The predicted molar refractivity (Wildman–Crippen MR) is 79.8 cm³/mol. The predicted octanol–water partition coefficient (Wildman–Crippen LogP) is 2.01. The molecule has 0 aliphatic heterocycles. The first-order chi connectivity index (χ1) is 8.91. The van der Waals surface area contributed by atoms with Crippen LogP contribution in [0.25, 0.3) is 0 Å². The van der Waals surface area contributed by atoms with E-state index in [-0.39, 0.29) is 11.8 Å². The lowest BCUT2D eigenvalue weighted by molar-refractivity contribution is -0.117. The Kier molecular flexibility index (Phi) is 5.98. The lowest BCUT2D eigenvalue weighted by Gasteiger charge is -2.22. The molecule has 0 radical (unpaired) electrons. The van der Waals surface area contributed by atoms with Crippen molar-refractivity contribution in [2.24, 2.45) is 0 Å². The van der Waals surface area contributed by atoms with Crippen LogP contribution in [0, 0.1) is 0 Å². The highest BCUT2D eigenvalue weighted by Gasteiger charge is 2.17. The minimum atomic E-state index is -0.125. The third-order valence-electron chi connectivity index (χ3n) is 2.59. The van der Waals surface area contributed by atoms with Crippen molar-refractivity contribution in [1.29, 1.82) is 0 Å². The highest BCUT2D eigenvalue weighted by molar-refractivity contribution is 7.15. The van der Waals surface area contributed by atoms with Gasteiger partial charge in [0.15, 0.2) is 0 Å². The molecule has 106 valence electrons. The number of rotatable bonds is 6. The van der Waals surface area contributed by atoms with Crippen LogP contribution in [0.3, 0.4) is 0 Å². The summed E-state index contributed by atoms with van der Waals surface area (Å²) < 4.78 is 0. The van der Waals surface area contributed by atoms with Gasteiger partial charge < -0.3 is 15.1 Å². The van der Waals surface area contributed by atoms with E-state index in [0.717, 1.165) is 23.7 Å². The summed E-state index contributed by atoms with van der Waals surface area (Å²) in [6.07, 6.45) is 0.891. The van der Waals surface area contributed by atoms with Crippen LogP contribution in [0.2, 0.25) is 0 Å². The maximum Gasteiger partial charge on any atom is 0.223 e. The Hall–Kier alpha value is -1.40. The molecule has 5 nitrogen and oxygen atoms in total. The van der Waals surface area contributed by atoms with E-state index in [0.29, 0.717) is 6.54 Å². The van der Waals surface area contributed by atoms with Crippen LogP contribution in [-0.2, 0) is 9.59 Å². The molecule has 0 atom stereocenters. The zero-order valence-electron chi connectivity index (χ0n) is 11.9. The zero-order chi connectivity index (χ0) is 14.4. The molecule has 0 bridgehead atoms. The molecule has 1 heterocycles. The van der Waals surface area contributed by atoms with Crippen molar-refractivity contribution in [3.8, 4) is 0 Å². The molecule has 1 aromatic rings. The van der Waals surface area contributed by atoms with Crippen LogP contribution in [-0.4, -0.2) is 43.9 Å². The number of hydrogen-bond donors (Lipinski definition) is 1. The van der Waals surface area contributed by atoms with Crippen LogP contribution in [0.4, 0.5) is 10.7 Å². The average Bonchev–Trinajstić information content (AvgIpc) is 2.70. The normalized spacial score (nSPS) is 10.6. The number of carbonyl (C=O) groups is 2. The lowest BCUT2D eigenvalue weighted by atomic mass is 10.3. The summed E-state index contributed by atoms with van der Waals surface area (Å²) in [6.45, 7) is 4.58. The first-order valence-electron chi connectivity index (χ1n) is 6.19. The largest absolute Gasteiger partial charge is 0.316 e. The Bertz CT molecular complexity index is 443. The molecule has 2 amide bonds. The summed E-state index contributed by atoms with van der Waals surface area (Å²) in [7, 11) is 4.01. The number of amides is 2. The molecule has 19 heavy (non-hydrogen) atoms. The Labute approximate surface area is 118 Å². The number of nitrogens with one attached hydrogen (secondary N) is 1. The summed E-state index contributed by atoms with van der Waals surface area (Å²) in [5.41, 5.74) is 0.784. The van der Waals surface area contributed by atoms with Gasteiger partial charge in [0.05, 0.1) is 5.69 Å². The summed E-state index contributed by atoms with van der Waals surface area (Å²) in [5.74, 6) is -0.135. The second-order valence-corrected chi connectivity index (χ2v) is 5.56. The second kappa shape index (κ2) is 7.25. The van der Waals surface area contributed by atoms with Crippen LogP contribution in [0.1, 0.15) is 20.3 Å². The summed E-state index contributed by atoms with van der Waals surface area (Å²) in [6, 6.07) is 1.87. The first kappa shape index (κ1) is 15.7. The lowest BCUT2D eigenvalue weighted by Crippen LogP contribution is -2.31. The van der Waals surface area contributed by atoms with Crippen LogP contribution in [0.15, 0.2) is 11.4 Å². The highest BCUT2D eigenvalue weighted by Crippen LogP contribution is 2.32. The Morgan fingerprint density at radius 3 is 2.47 bits per heavy atom. The number of thiophene rings is 1. The van der Waals surface area contributed by atoms with Crippen molar-refractivity contribution < 1.29 is 9.59 Å². The fourth-order valence-corrected chi connectivity index (χ4v) is 2.60. The van der Waals surface area contributed by atoms with E-state index in [9.17, 15) is 9.59 Å². The minimum absolute atomic E-state index is 0.0104. The smallest absolute Gasteiger partial charge is 0.223 e. The molecule has 0 unspecified atom stereocenters. The van der Waals surface area contributed by atoms with Gasteiger partial charge in [-0.25, -0.2) is 0 Å². The van der Waals surface area contributed by atoms with E-state index in [4.69, 9.17) is 0 Å². The SMILES string of the molecule is CC(=O)Nc1sccc1N(CCCN(C)C)C(C)=O. The zero-order valence-corrected chi connectivity index (χ0v) is 12.7. The maximum atomic E-state index is 11.8. The topological polar surface area (TPSA) is 52.7 Å². The standard InChI is InChI=1S/C13H21N3O2S/c1-10(17)14-13-12(6-9-19-13)16(11(2)18)8-5-7-15(3)4/h6,9H,5,7-8H2,1-4H3,(H,14,17). The molecular weight excluding hydrogens is 262 g/mol. The van der Waals surface area contributed by atoms with Crippen molar-refractivity contribution in [1.82, 2.24) is 4.90 Å². The Balaban J connectivity index is 2.78. The van der Waals surface area contributed by atoms with Gasteiger partial charge in [-0.1, -0.05) is 0 Å². The van der Waals surface area contributed by atoms with E-state index in [1.807, 2.05) is 25.5 Å². The second-order valence-electron chi connectivity index (χ2n) is 4.64. The summed E-state index contributed by atoms with van der Waals surface area (Å²) in [5, 5.41) is 5.37. The van der Waals surface area contributed by atoms with Gasteiger partial charge in [0.1, 0.15) is 5.00 Å². The van der Waals surface area contributed by atoms with Gasteiger partial charge in [-0.05, 0) is 38.5 Å². The van der Waals surface area contributed by atoms with Gasteiger partial charge in [-0.15, -0.1) is 11.3 Å². The van der Waals surface area contributed by atoms with E-state index < -0.39 is 0 Å². The molecule has 1 rings (SSSR count). The number of anilines is 2. The molecule has 0 fully saturated rings. The van der Waals surface area contributed by atoms with Gasteiger partial charge in [-0.3, -0.25) is 9.59 Å². The highest BCUT2D eigenvalue weighted by atomic mass is 32.1. The number of hydrogen-bond acceptors (Lipinski definition) is 4. The van der Waals surface area contributed by atoms with Gasteiger partial charge in [0.2, 0.25) is 11.8 Å². The molecule has 6 heteroatoms. The van der Waals surface area contributed by atoms with Gasteiger partial charge in [-0.2, -0.15) is 0 Å². The van der Waals surface area contributed by atoms with Gasteiger partial charge >= 0.3 is 0 Å². The van der Waals surface area contributed by atoms with Crippen molar-refractivity contribution in [2.45, 2.75) is 20.3 Å². The third-order valence-corrected chi connectivity index (χ3v) is 3.41. The molecule has 0 aromatic carbocycles. The number of carbonyl (C=O) groups excluding carboxylic acids is 2. The molecule has 0 aliphatic rings. The molecule has 1 N–H and O–H groups in total.